The van der Waals surface area contributed by atoms with Crippen LogP contribution in [0.1, 0.15) is 27.7 Å². The van der Waals surface area contributed by atoms with Gasteiger partial charge in [0.1, 0.15) is 0 Å². The second kappa shape index (κ2) is 7.53. The summed E-state index contributed by atoms with van der Waals surface area (Å²) >= 11 is 0. The van der Waals surface area contributed by atoms with Gasteiger partial charge in [-0.3, -0.25) is 4.79 Å². The van der Waals surface area contributed by atoms with Crippen LogP contribution in [-0.4, -0.2) is 38.1 Å². The highest BCUT2D eigenvalue weighted by Gasteiger charge is 2.22. The molecule has 3 rings (SSSR count). The van der Waals surface area contributed by atoms with Gasteiger partial charge in [-0.15, -0.1) is 5.10 Å². The molecule has 0 spiro atoms. The second-order valence-electron chi connectivity index (χ2n) is 7.03. The number of benzene rings is 1. The number of nitrogens with one attached hydrogen (secondary N) is 2. The number of carbonyl (C=O) groups excluding carboxylic acids is 1. The largest absolute Gasteiger partial charge is 0.478 e. The highest BCUT2D eigenvalue weighted by atomic mass is 16.5. The molecule has 8 nitrogen and oxygen atoms in total. The van der Waals surface area contributed by atoms with Crippen LogP contribution in [0.25, 0.3) is 22.5 Å². The monoisotopic (exact) mass is 366 g/mol. The summed E-state index contributed by atoms with van der Waals surface area (Å²) in [6.07, 6.45) is 1.74. The zero-order valence-electron chi connectivity index (χ0n) is 15.8. The quantitative estimate of drug-likeness (QED) is 0.717. The summed E-state index contributed by atoms with van der Waals surface area (Å²) in [4.78, 5) is 16.6. The van der Waals surface area contributed by atoms with Crippen molar-refractivity contribution in [1.29, 1.82) is 0 Å². The predicted molar refractivity (Wildman–Crippen MR) is 102 cm³/mol. The number of anilines is 1. The van der Waals surface area contributed by atoms with E-state index in [1.165, 1.54) is 0 Å². The van der Waals surface area contributed by atoms with Gasteiger partial charge in [0.25, 0.3) is 0 Å². The molecule has 0 aliphatic carbocycles. The van der Waals surface area contributed by atoms with E-state index >= 15 is 0 Å². The van der Waals surface area contributed by atoms with Gasteiger partial charge in [0.15, 0.2) is 5.82 Å². The van der Waals surface area contributed by atoms with Crippen molar-refractivity contribution in [3.05, 3.63) is 36.5 Å². The Hall–Kier alpha value is -3.29. The van der Waals surface area contributed by atoms with Crippen LogP contribution in [0.5, 0.6) is 5.88 Å². The van der Waals surface area contributed by atoms with Gasteiger partial charge < -0.3 is 10.1 Å². The van der Waals surface area contributed by atoms with E-state index < -0.39 is 5.41 Å². The lowest BCUT2D eigenvalue weighted by Gasteiger charge is -2.18. The van der Waals surface area contributed by atoms with E-state index in [0.717, 1.165) is 16.7 Å². The molecule has 0 saturated carbocycles. The summed E-state index contributed by atoms with van der Waals surface area (Å²) in [6, 6.07) is 9.35. The molecule has 140 valence electrons. The molecule has 2 heterocycles. The SMILES string of the molecule is CCOc1ccc(-c2ccc(NC(=O)C(C)(C)C)cc2-c2nnn[nH]2)cn1. The molecular weight excluding hydrogens is 344 g/mol. The average molecular weight is 366 g/mol. The number of H-pyrrole nitrogens is 1. The number of carbonyl (C=O) groups is 1. The van der Waals surface area contributed by atoms with E-state index in [9.17, 15) is 4.79 Å². The molecule has 0 aliphatic heterocycles. The predicted octanol–water partition coefficient (Wildman–Crippen LogP) is 3.31. The fraction of sp³-hybridized carbons (Fsp3) is 0.316. The molecule has 0 saturated heterocycles. The molecule has 1 aromatic carbocycles. The lowest BCUT2D eigenvalue weighted by atomic mass is 9.95. The second-order valence-corrected chi connectivity index (χ2v) is 7.03. The number of ether oxygens (including phenoxy) is 1. The number of nitrogens with zero attached hydrogens (tertiary/aromatic N) is 4. The van der Waals surface area contributed by atoms with Gasteiger partial charge in [0, 0.05) is 34.5 Å². The number of pyridine rings is 1. The minimum absolute atomic E-state index is 0.0698. The Morgan fingerprint density at radius 2 is 2.00 bits per heavy atom. The van der Waals surface area contributed by atoms with Crippen molar-refractivity contribution in [2.45, 2.75) is 27.7 Å². The van der Waals surface area contributed by atoms with Gasteiger partial charge in [-0.05, 0) is 41.1 Å². The van der Waals surface area contributed by atoms with Crippen LogP contribution in [0, 0.1) is 5.41 Å². The van der Waals surface area contributed by atoms with Gasteiger partial charge in [0.2, 0.25) is 11.8 Å². The van der Waals surface area contributed by atoms with E-state index in [1.54, 1.807) is 6.20 Å². The Kier molecular flexibility index (Phi) is 5.16. The number of aromatic amines is 1. The first-order valence-electron chi connectivity index (χ1n) is 8.67. The van der Waals surface area contributed by atoms with Gasteiger partial charge >= 0.3 is 0 Å². The number of hydrogen-bond donors (Lipinski definition) is 2. The molecular formula is C19H22N6O2. The van der Waals surface area contributed by atoms with Crippen LogP contribution in [0.3, 0.4) is 0 Å². The number of amides is 1. The summed E-state index contributed by atoms with van der Waals surface area (Å²) in [5, 5.41) is 17.0. The Morgan fingerprint density at radius 1 is 1.19 bits per heavy atom. The molecule has 0 unspecified atom stereocenters. The van der Waals surface area contributed by atoms with Crippen molar-refractivity contribution >= 4 is 11.6 Å². The zero-order chi connectivity index (χ0) is 19.4. The van der Waals surface area contributed by atoms with Crippen LogP contribution in [0.2, 0.25) is 0 Å². The van der Waals surface area contributed by atoms with Crippen LogP contribution in [0.15, 0.2) is 36.5 Å². The topological polar surface area (TPSA) is 106 Å². The molecule has 0 fully saturated rings. The normalized spacial score (nSPS) is 11.3. The first-order chi connectivity index (χ1) is 12.9. The Morgan fingerprint density at radius 3 is 2.59 bits per heavy atom. The molecule has 0 radical (unpaired) electrons. The van der Waals surface area contributed by atoms with E-state index in [4.69, 9.17) is 4.74 Å². The number of tetrazole rings is 1. The maximum Gasteiger partial charge on any atom is 0.229 e. The third-order valence-electron chi connectivity index (χ3n) is 3.90. The van der Waals surface area contributed by atoms with Crippen molar-refractivity contribution in [3.8, 4) is 28.4 Å². The molecule has 1 amide bonds. The molecule has 27 heavy (non-hydrogen) atoms. The first kappa shape index (κ1) is 18.5. The fourth-order valence-corrected chi connectivity index (χ4v) is 2.43. The van der Waals surface area contributed by atoms with Gasteiger partial charge in [-0.2, -0.15) is 0 Å². The Labute approximate surface area is 157 Å². The maximum absolute atomic E-state index is 12.3. The van der Waals surface area contributed by atoms with Crippen LogP contribution in [-0.2, 0) is 4.79 Å². The van der Waals surface area contributed by atoms with Gasteiger partial charge in [-0.1, -0.05) is 26.8 Å². The van der Waals surface area contributed by atoms with Gasteiger partial charge in [0.05, 0.1) is 6.61 Å². The third kappa shape index (κ3) is 4.28. The van der Waals surface area contributed by atoms with Crippen LogP contribution in [0.4, 0.5) is 5.69 Å². The minimum atomic E-state index is -0.494. The Bertz CT molecular complexity index is 914. The molecule has 0 aliphatic rings. The van der Waals surface area contributed by atoms with Crippen molar-refractivity contribution in [2.75, 3.05) is 11.9 Å². The summed E-state index contributed by atoms with van der Waals surface area (Å²) < 4.78 is 5.40. The van der Waals surface area contributed by atoms with Crippen molar-refractivity contribution in [3.63, 3.8) is 0 Å². The van der Waals surface area contributed by atoms with Crippen molar-refractivity contribution < 1.29 is 9.53 Å². The Balaban J connectivity index is 2.00. The van der Waals surface area contributed by atoms with Crippen molar-refractivity contribution in [2.24, 2.45) is 5.41 Å². The van der Waals surface area contributed by atoms with Crippen LogP contribution >= 0.6 is 0 Å². The van der Waals surface area contributed by atoms with E-state index in [-0.39, 0.29) is 5.91 Å². The standard InChI is InChI=1S/C19H22N6O2/c1-5-27-16-9-6-12(11-20-16)14-8-7-13(21-18(26)19(2,3)4)10-15(14)17-22-24-25-23-17/h6-11H,5H2,1-4H3,(H,21,26)(H,22,23,24,25). The average Bonchev–Trinajstić information content (AvgIpc) is 3.16. The van der Waals surface area contributed by atoms with E-state index in [0.29, 0.717) is 24.0 Å². The molecule has 0 atom stereocenters. The molecule has 3 aromatic rings. The molecule has 8 heteroatoms. The number of hydrogen-bond acceptors (Lipinski definition) is 6. The summed E-state index contributed by atoms with van der Waals surface area (Å²) in [5.41, 5.74) is 2.71. The summed E-state index contributed by atoms with van der Waals surface area (Å²) in [7, 11) is 0. The highest BCUT2D eigenvalue weighted by molar-refractivity contribution is 5.96. The lowest BCUT2D eigenvalue weighted by Crippen LogP contribution is -2.27. The molecule has 2 N–H and O–H groups in total. The zero-order valence-corrected chi connectivity index (χ0v) is 15.8. The molecule has 0 bridgehead atoms. The maximum atomic E-state index is 12.3. The molecule has 2 aromatic heterocycles. The first-order valence-corrected chi connectivity index (χ1v) is 8.67. The number of rotatable bonds is 5. The lowest BCUT2D eigenvalue weighted by molar-refractivity contribution is -0.123. The highest BCUT2D eigenvalue weighted by Crippen LogP contribution is 2.33. The number of aromatic nitrogens is 5. The summed E-state index contributed by atoms with van der Waals surface area (Å²) in [6.45, 7) is 8.06. The third-order valence-corrected chi connectivity index (χ3v) is 3.90. The van der Waals surface area contributed by atoms with Crippen molar-refractivity contribution in [1.82, 2.24) is 25.6 Å². The smallest absolute Gasteiger partial charge is 0.229 e. The van der Waals surface area contributed by atoms with Gasteiger partial charge in [-0.25, -0.2) is 10.1 Å². The minimum Gasteiger partial charge on any atom is -0.478 e. The van der Waals surface area contributed by atoms with E-state index in [1.807, 2.05) is 58.0 Å². The summed E-state index contributed by atoms with van der Waals surface area (Å²) in [5.74, 6) is 1.00. The fourth-order valence-electron chi connectivity index (χ4n) is 2.43. The van der Waals surface area contributed by atoms with Crippen LogP contribution < -0.4 is 10.1 Å². The van der Waals surface area contributed by atoms with E-state index in [2.05, 4.69) is 30.9 Å².